The van der Waals surface area contributed by atoms with Crippen molar-refractivity contribution in [3.8, 4) is 17.2 Å². The number of fused-ring (bicyclic) bond motifs is 1. The molecule has 41 heavy (non-hydrogen) atoms. The van der Waals surface area contributed by atoms with Crippen LogP contribution >= 0.6 is 27.3 Å². The Morgan fingerprint density at radius 1 is 1.07 bits per heavy atom. The van der Waals surface area contributed by atoms with E-state index in [1.165, 1.54) is 11.3 Å². The van der Waals surface area contributed by atoms with Gasteiger partial charge < -0.3 is 18.9 Å². The minimum Gasteiger partial charge on any atom is -0.496 e. The summed E-state index contributed by atoms with van der Waals surface area (Å²) in [6.45, 7) is 12.2. The fraction of sp³-hybridized carbons (Fsp3) is 0.387. The van der Waals surface area contributed by atoms with Gasteiger partial charge in [0.05, 0.1) is 49.3 Å². The van der Waals surface area contributed by atoms with Gasteiger partial charge in [-0.15, -0.1) is 0 Å². The van der Waals surface area contributed by atoms with Crippen molar-refractivity contribution < 1.29 is 23.7 Å². The van der Waals surface area contributed by atoms with Crippen LogP contribution in [0.1, 0.15) is 68.8 Å². The third-order valence-corrected chi connectivity index (χ3v) is 8.59. The Labute approximate surface area is 252 Å². The van der Waals surface area contributed by atoms with E-state index in [4.69, 9.17) is 23.9 Å². The molecular formula is C31H35BrN2O6S. The average Bonchev–Trinajstić information content (AvgIpc) is 3.23. The Bertz CT molecular complexity index is 1700. The van der Waals surface area contributed by atoms with E-state index in [0.29, 0.717) is 48.7 Å². The van der Waals surface area contributed by atoms with Crippen LogP contribution in [0.4, 0.5) is 0 Å². The highest BCUT2D eigenvalue weighted by Crippen LogP contribution is 2.41. The second-order valence-corrected chi connectivity index (χ2v) is 11.7. The first-order valence-electron chi connectivity index (χ1n) is 13.4. The second-order valence-electron chi connectivity index (χ2n) is 9.87. The van der Waals surface area contributed by atoms with Crippen molar-refractivity contribution in [2.24, 2.45) is 4.99 Å². The molecule has 1 atom stereocenters. The molecule has 1 aliphatic heterocycles. The maximum absolute atomic E-state index is 14.1. The van der Waals surface area contributed by atoms with Gasteiger partial charge in [-0.1, -0.05) is 41.1 Å². The first kappa shape index (κ1) is 30.6. The maximum Gasteiger partial charge on any atom is 0.338 e. The molecule has 0 spiro atoms. The normalized spacial score (nSPS) is 15.1. The molecule has 218 valence electrons. The SMILES string of the molecule is CCOC(=O)C1=C(C)N=c2s/c(=C/c3cc(C(C)C)c(OC)cc3C)c(=O)n2[C@@H]1c1cc(OC)c(OCC)cc1Br. The Kier molecular flexibility index (Phi) is 9.44. The highest BCUT2D eigenvalue weighted by molar-refractivity contribution is 9.10. The van der Waals surface area contributed by atoms with Gasteiger partial charge in [-0.25, -0.2) is 9.79 Å². The van der Waals surface area contributed by atoms with E-state index in [1.54, 1.807) is 44.8 Å². The van der Waals surface area contributed by atoms with Crippen LogP contribution in [0, 0.1) is 6.92 Å². The molecular weight excluding hydrogens is 608 g/mol. The summed E-state index contributed by atoms with van der Waals surface area (Å²) in [5, 5.41) is 0. The molecule has 0 amide bonds. The lowest BCUT2D eigenvalue weighted by molar-refractivity contribution is -0.139. The number of thiazole rings is 1. The van der Waals surface area contributed by atoms with E-state index < -0.39 is 12.0 Å². The summed E-state index contributed by atoms with van der Waals surface area (Å²) in [5.41, 5.74) is 4.13. The van der Waals surface area contributed by atoms with Crippen molar-refractivity contribution in [2.45, 2.75) is 53.5 Å². The van der Waals surface area contributed by atoms with Gasteiger partial charge in [-0.2, -0.15) is 0 Å². The Balaban J connectivity index is 2.01. The zero-order valence-electron chi connectivity index (χ0n) is 24.6. The third-order valence-electron chi connectivity index (χ3n) is 6.92. The molecule has 0 unspecified atom stereocenters. The predicted molar refractivity (Wildman–Crippen MR) is 164 cm³/mol. The van der Waals surface area contributed by atoms with E-state index in [1.807, 2.05) is 26.0 Å². The quantitative estimate of drug-likeness (QED) is 0.290. The van der Waals surface area contributed by atoms with Crippen LogP contribution in [0.2, 0.25) is 0 Å². The summed E-state index contributed by atoms with van der Waals surface area (Å²) in [7, 11) is 3.22. The molecule has 0 aliphatic carbocycles. The number of nitrogens with zero attached hydrogens (tertiary/aromatic N) is 2. The van der Waals surface area contributed by atoms with Gasteiger partial charge in [0.1, 0.15) is 5.75 Å². The molecule has 0 bridgehead atoms. The second kappa shape index (κ2) is 12.7. The van der Waals surface area contributed by atoms with Crippen LogP contribution in [0.3, 0.4) is 0 Å². The lowest BCUT2D eigenvalue weighted by Crippen LogP contribution is -2.40. The van der Waals surface area contributed by atoms with Crippen molar-refractivity contribution >= 4 is 39.3 Å². The fourth-order valence-corrected chi connectivity index (χ4v) is 6.49. The lowest BCUT2D eigenvalue weighted by Gasteiger charge is -2.26. The van der Waals surface area contributed by atoms with Gasteiger partial charge in [0, 0.05) is 4.47 Å². The molecule has 2 heterocycles. The molecule has 4 rings (SSSR count). The van der Waals surface area contributed by atoms with Crippen LogP contribution in [0.15, 0.2) is 49.8 Å². The van der Waals surface area contributed by atoms with E-state index in [2.05, 4.69) is 35.8 Å². The van der Waals surface area contributed by atoms with Gasteiger partial charge >= 0.3 is 5.97 Å². The summed E-state index contributed by atoms with van der Waals surface area (Å²) in [6, 6.07) is 6.84. The maximum atomic E-state index is 14.1. The summed E-state index contributed by atoms with van der Waals surface area (Å²) in [6.07, 6.45) is 1.89. The number of aryl methyl sites for hydroxylation is 1. The molecule has 0 saturated carbocycles. The van der Waals surface area contributed by atoms with Crippen LogP contribution in [0.25, 0.3) is 6.08 Å². The summed E-state index contributed by atoms with van der Waals surface area (Å²) in [5.74, 6) is 1.56. The van der Waals surface area contributed by atoms with Crippen LogP contribution in [-0.2, 0) is 9.53 Å². The summed E-state index contributed by atoms with van der Waals surface area (Å²) >= 11 is 4.95. The Morgan fingerprint density at radius 2 is 1.78 bits per heavy atom. The highest BCUT2D eigenvalue weighted by Gasteiger charge is 2.35. The lowest BCUT2D eigenvalue weighted by atomic mass is 9.95. The number of allylic oxidation sites excluding steroid dienone is 1. The van der Waals surface area contributed by atoms with E-state index in [-0.39, 0.29) is 18.1 Å². The molecule has 1 aliphatic rings. The molecule has 0 fully saturated rings. The molecule has 0 N–H and O–H groups in total. The number of methoxy groups -OCH3 is 2. The first-order chi connectivity index (χ1) is 19.6. The molecule has 1 aromatic heterocycles. The Morgan fingerprint density at radius 3 is 2.39 bits per heavy atom. The molecule has 0 saturated heterocycles. The van der Waals surface area contributed by atoms with Crippen LogP contribution in [0.5, 0.6) is 17.2 Å². The van der Waals surface area contributed by atoms with Crippen molar-refractivity contribution in [2.75, 3.05) is 27.4 Å². The highest BCUT2D eigenvalue weighted by atomic mass is 79.9. The number of rotatable bonds is 9. The first-order valence-corrected chi connectivity index (χ1v) is 15.0. The molecule has 3 aromatic rings. The monoisotopic (exact) mass is 642 g/mol. The number of ether oxygens (including phenoxy) is 4. The number of hydrogen-bond donors (Lipinski definition) is 0. The van der Waals surface area contributed by atoms with Gasteiger partial charge in [-0.3, -0.25) is 9.36 Å². The zero-order chi connectivity index (χ0) is 30.0. The molecule has 0 radical (unpaired) electrons. The summed E-state index contributed by atoms with van der Waals surface area (Å²) in [4.78, 5) is 32.6. The Hall–Kier alpha value is -3.37. The summed E-state index contributed by atoms with van der Waals surface area (Å²) < 4.78 is 25.1. The van der Waals surface area contributed by atoms with E-state index in [9.17, 15) is 9.59 Å². The largest absolute Gasteiger partial charge is 0.496 e. The predicted octanol–water partition coefficient (Wildman–Crippen LogP) is 5.41. The van der Waals surface area contributed by atoms with Gasteiger partial charge in [0.25, 0.3) is 5.56 Å². The molecule has 10 heteroatoms. The number of esters is 1. The topological polar surface area (TPSA) is 88.4 Å². The fourth-order valence-electron chi connectivity index (χ4n) is 4.91. The van der Waals surface area contributed by atoms with Crippen LogP contribution < -0.4 is 29.1 Å². The number of carbonyl (C=O) groups excluding carboxylic acids is 1. The van der Waals surface area contributed by atoms with Gasteiger partial charge in [0.2, 0.25) is 0 Å². The third kappa shape index (κ3) is 5.85. The van der Waals surface area contributed by atoms with Crippen molar-refractivity contribution in [3.63, 3.8) is 0 Å². The van der Waals surface area contributed by atoms with E-state index >= 15 is 0 Å². The van der Waals surface area contributed by atoms with Gasteiger partial charge in [-0.05, 0) is 86.2 Å². The number of halogens is 1. The number of carbonyl (C=O) groups is 1. The van der Waals surface area contributed by atoms with Crippen LogP contribution in [-0.4, -0.2) is 38.0 Å². The average molecular weight is 644 g/mol. The minimum atomic E-state index is -0.797. The number of aromatic nitrogens is 1. The molecule has 8 nitrogen and oxygen atoms in total. The van der Waals surface area contributed by atoms with Crippen molar-refractivity contribution in [3.05, 3.63) is 81.9 Å². The number of benzene rings is 2. The van der Waals surface area contributed by atoms with Gasteiger partial charge in [0.15, 0.2) is 16.3 Å². The zero-order valence-corrected chi connectivity index (χ0v) is 27.0. The van der Waals surface area contributed by atoms with Crippen molar-refractivity contribution in [1.82, 2.24) is 4.57 Å². The molecule has 2 aromatic carbocycles. The number of hydrogen-bond acceptors (Lipinski definition) is 8. The smallest absolute Gasteiger partial charge is 0.338 e. The standard InChI is InChI=1S/C31H35BrN2O6S/c1-9-39-25-15-22(32)21(14-24(25)38-8)28-27(30(36)40-10-2)18(6)33-31-34(28)29(35)26(41-31)13-19-12-20(16(3)4)23(37-7)11-17(19)5/h11-16,28H,9-10H2,1-8H3/b26-13+/t28-/m1/s1. The van der Waals surface area contributed by atoms with Crippen molar-refractivity contribution in [1.29, 1.82) is 0 Å². The minimum absolute atomic E-state index is 0.190. The van der Waals surface area contributed by atoms with E-state index in [0.717, 1.165) is 22.4 Å².